The highest BCUT2D eigenvalue weighted by molar-refractivity contribution is 6.15. The van der Waals surface area contributed by atoms with Gasteiger partial charge in [-0.3, -0.25) is 0 Å². The SMILES string of the molecule is [2H]c1c(-c2ccc3c(c2)c2ccccc2n3-c2cccc(-c3ccccc3)c2)c([2H])c2c3cccc(-c4ccccc4)c3n(-c3ccccc3)c2c1[2H]. The van der Waals surface area contributed by atoms with Gasteiger partial charge in [-0.15, -0.1) is 0 Å². The quantitative estimate of drug-likeness (QED) is 0.177. The van der Waals surface area contributed by atoms with E-state index in [0.29, 0.717) is 16.5 Å². The zero-order valence-corrected chi connectivity index (χ0v) is 27.1. The summed E-state index contributed by atoms with van der Waals surface area (Å²) in [5, 5.41) is 3.69. The minimum atomic E-state index is 0.0439. The van der Waals surface area contributed by atoms with Crippen molar-refractivity contribution in [3.63, 3.8) is 0 Å². The van der Waals surface area contributed by atoms with E-state index in [2.05, 4.69) is 118 Å². The van der Waals surface area contributed by atoms with Gasteiger partial charge in [0.1, 0.15) is 0 Å². The minimum absolute atomic E-state index is 0.0439. The number of aromatic nitrogens is 2. The van der Waals surface area contributed by atoms with Gasteiger partial charge in [-0.2, -0.15) is 0 Å². The van der Waals surface area contributed by atoms with Crippen LogP contribution < -0.4 is 0 Å². The number of hydrogen-bond acceptors (Lipinski definition) is 0. The molecule has 0 unspecified atom stereocenters. The van der Waals surface area contributed by atoms with Crippen molar-refractivity contribution < 1.29 is 4.11 Å². The van der Waals surface area contributed by atoms with Crippen LogP contribution in [0, 0.1) is 0 Å². The summed E-state index contributed by atoms with van der Waals surface area (Å²) in [6.45, 7) is 0. The van der Waals surface area contributed by atoms with Gasteiger partial charge in [-0.1, -0.05) is 140 Å². The molecule has 2 aromatic heterocycles. The number of fused-ring (bicyclic) bond motifs is 6. The van der Waals surface area contributed by atoms with Crippen LogP contribution in [-0.4, -0.2) is 9.13 Å². The molecule has 50 heavy (non-hydrogen) atoms. The highest BCUT2D eigenvalue weighted by atomic mass is 15.0. The van der Waals surface area contributed by atoms with Gasteiger partial charge in [0.2, 0.25) is 0 Å². The zero-order valence-electron chi connectivity index (χ0n) is 30.1. The van der Waals surface area contributed by atoms with Gasteiger partial charge in [0, 0.05) is 38.5 Å². The Morgan fingerprint density at radius 1 is 0.340 bits per heavy atom. The van der Waals surface area contributed by atoms with Crippen molar-refractivity contribution >= 4 is 43.6 Å². The van der Waals surface area contributed by atoms with E-state index in [1.54, 1.807) is 0 Å². The summed E-state index contributed by atoms with van der Waals surface area (Å²) < 4.78 is 33.3. The second kappa shape index (κ2) is 11.5. The zero-order chi connectivity index (χ0) is 35.6. The molecular weight excluding hydrogens is 605 g/mol. The Hall–Kier alpha value is -6.64. The summed E-state index contributed by atoms with van der Waals surface area (Å²) >= 11 is 0. The van der Waals surface area contributed by atoms with E-state index in [1.807, 2.05) is 66.7 Å². The molecule has 10 aromatic rings. The van der Waals surface area contributed by atoms with E-state index in [-0.39, 0.29) is 18.1 Å². The van der Waals surface area contributed by atoms with Crippen LogP contribution in [0.15, 0.2) is 194 Å². The van der Waals surface area contributed by atoms with Crippen LogP contribution in [0.3, 0.4) is 0 Å². The number of hydrogen-bond donors (Lipinski definition) is 0. The highest BCUT2D eigenvalue weighted by Gasteiger charge is 2.18. The second-order valence-electron chi connectivity index (χ2n) is 12.7. The van der Waals surface area contributed by atoms with Crippen LogP contribution in [0.25, 0.3) is 88.4 Å². The molecule has 0 saturated heterocycles. The van der Waals surface area contributed by atoms with Crippen molar-refractivity contribution in [3.05, 3.63) is 194 Å². The Balaban J connectivity index is 1.24. The maximum Gasteiger partial charge on any atom is 0.0645 e. The molecule has 0 N–H and O–H groups in total. The lowest BCUT2D eigenvalue weighted by atomic mass is 9.99. The van der Waals surface area contributed by atoms with Crippen molar-refractivity contribution in [2.24, 2.45) is 0 Å². The maximum absolute atomic E-state index is 9.84. The fraction of sp³-hybridized carbons (Fsp3) is 0. The van der Waals surface area contributed by atoms with Gasteiger partial charge in [-0.05, 0) is 82.4 Å². The fourth-order valence-corrected chi connectivity index (χ4v) is 7.55. The van der Waals surface area contributed by atoms with Crippen LogP contribution in [0.4, 0.5) is 0 Å². The van der Waals surface area contributed by atoms with Crippen molar-refractivity contribution in [2.45, 2.75) is 0 Å². The molecule has 0 aliphatic rings. The first-order valence-electron chi connectivity index (χ1n) is 18.5. The first-order chi connectivity index (χ1) is 26.1. The van der Waals surface area contributed by atoms with Gasteiger partial charge >= 0.3 is 0 Å². The van der Waals surface area contributed by atoms with Gasteiger partial charge in [-0.25, -0.2) is 0 Å². The molecule has 10 rings (SSSR count). The van der Waals surface area contributed by atoms with E-state index >= 15 is 0 Å². The molecule has 234 valence electrons. The van der Waals surface area contributed by atoms with E-state index in [1.165, 1.54) is 0 Å². The Labute approximate surface area is 294 Å². The van der Waals surface area contributed by atoms with Crippen molar-refractivity contribution in [1.29, 1.82) is 0 Å². The van der Waals surface area contributed by atoms with Crippen molar-refractivity contribution in [2.75, 3.05) is 0 Å². The molecule has 0 atom stereocenters. The molecule has 2 heterocycles. The average molecular weight is 640 g/mol. The van der Waals surface area contributed by atoms with Crippen LogP contribution in [-0.2, 0) is 0 Å². The second-order valence-corrected chi connectivity index (χ2v) is 12.7. The molecule has 0 aliphatic carbocycles. The molecule has 0 amide bonds. The van der Waals surface area contributed by atoms with Crippen LogP contribution in [0.2, 0.25) is 0 Å². The Morgan fingerprint density at radius 3 is 1.78 bits per heavy atom. The largest absolute Gasteiger partial charge is 0.309 e. The van der Waals surface area contributed by atoms with Crippen LogP contribution in [0.5, 0.6) is 0 Å². The summed E-state index contributed by atoms with van der Waals surface area (Å²) in [5.74, 6) is 0. The average Bonchev–Trinajstić information content (AvgIpc) is 3.75. The lowest BCUT2D eigenvalue weighted by molar-refractivity contribution is 1.18. The van der Waals surface area contributed by atoms with Gasteiger partial charge < -0.3 is 9.13 Å². The van der Waals surface area contributed by atoms with Gasteiger partial charge in [0.25, 0.3) is 0 Å². The predicted octanol–water partition coefficient (Wildman–Crippen LogP) is 12.9. The summed E-state index contributed by atoms with van der Waals surface area (Å²) in [6, 6.07) is 60.5. The maximum atomic E-state index is 9.84. The van der Waals surface area contributed by atoms with E-state index < -0.39 is 0 Å². The monoisotopic (exact) mass is 639 g/mol. The van der Waals surface area contributed by atoms with Crippen molar-refractivity contribution in [1.82, 2.24) is 9.13 Å². The summed E-state index contributed by atoms with van der Waals surface area (Å²) in [6.07, 6.45) is 0. The molecule has 8 aromatic carbocycles. The smallest absolute Gasteiger partial charge is 0.0645 e. The normalized spacial score (nSPS) is 12.4. The van der Waals surface area contributed by atoms with E-state index in [0.717, 1.165) is 71.9 Å². The molecule has 0 spiro atoms. The molecule has 0 fully saturated rings. The fourth-order valence-electron chi connectivity index (χ4n) is 7.55. The lowest BCUT2D eigenvalue weighted by Crippen LogP contribution is -1.95. The van der Waals surface area contributed by atoms with Gasteiger partial charge in [0.05, 0.1) is 26.2 Å². The molecule has 0 radical (unpaired) electrons. The van der Waals surface area contributed by atoms with Crippen LogP contribution in [0.1, 0.15) is 4.11 Å². The molecule has 2 heteroatoms. The topological polar surface area (TPSA) is 9.86 Å². The Kier molecular flexibility index (Phi) is 5.84. The number of rotatable bonds is 5. The Morgan fingerprint density at radius 2 is 0.960 bits per heavy atom. The van der Waals surface area contributed by atoms with Gasteiger partial charge in [0.15, 0.2) is 0 Å². The number of benzene rings is 8. The third-order valence-electron chi connectivity index (χ3n) is 9.82. The standard InChI is InChI=1S/C48H32N2/c1-4-14-33(15-5-1)35-18-12-21-39(30-35)49-45-25-11-10-22-41(45)43-31-36(26-28-46(43)49)37-27-29-47-44(32-37)42-24-13-23-40(34-16-6-2-7-17-34)48(42)50(47)38-19-8-3-9-20-38/h1-32H/i27D,29D,32D. The number of nitrogens with zero attached hydrogens (tertiary/aromatic N) is 2. The molecule has 0 aliphatic heterocycles. The predicted molar refractivity (Wildman–Crippen MR) is 211 cm³/mol. The highest BCUT2D eigenvalue weighted by Crippen LogP contribution is 2.41. The molecule has 2 nitrogen and oxygen atoms in total. The molecule has 0 saturated carbocycles. The summed E-state index contributed by atoms with van der Waals surface area (Å²) in [4.78, 5) is 0. The summed E-state index contributed by atoms with van der Waals surface area (Å²) in [7, 11) is 0. The van der Waals surface area contributed by atoms with E-state index in [9.17, 15) is 4.11 Å². The summed E-state index contributed by atoms with van der Waals surface area (Å²) in [5.41, 5.74) is 11.2. The minimum Gasteiger partial charge on any atom is -0.309 e. The van der Waals surface area contributed by atoms with Crippen molar-refractivity contribution in [3.8, 4) is 44.8 Å². The molecule has 0 bridgehead atoms. The lowest BCUT2D eigenvalue weighted by Gasteiger charge is -2.12. The van der Waals surface area contributed by atoms with Crippen LogP contribution >= 0.6 is 0 Å². The third kappa shape index (κ3) is 4.50. The first kappa shape index (κ1) is 25.4. The molecular formula is C48H32N2. The van der Waals surface area contributed by atoms with E-state index in [4.69, 9.17) is 0 Å². The Bertz CT molecular complexity index is 3020. The first-order valence-corrected chi connectivity index (χ1v) is 17.0. The number of para-hydroxylation sites is 3. The third-order valence-corrected chi connectivity index (χ3v) is 9.82.